The third-order valence-corrected chi connectivity index (χ3v) is 7.39. The third kappa shape index (κ3) is 5.75. The summed E-state index contributed by atoms with van der Waals surface area (Å²) in [4.78, 5) is 8.02. The zero-order valence-electron chi connectivity index (χ0n) is 19.4. The average Bonchev–Trinajstić information content (AvgIpc) is 2.81. The summed E-state index contributed by atoms with van der Waals surface area (Å²) in [7, 11) is -3.94. The van der Waals surface area contributed by atoms with Crippen LogP contribution in [0.4, 0.5) is 17.5 Å². The first-order chi connectivity index (χ1) is 16.8. The van der Waals surface area contributed by atoms with Crippen molar-refractivity contribution in [3.05, 3.63) is 53.7 Å². The van der Waals surface area contributed by atoms with E-state index in [4.69, 9.17) is 30.9 Å². The van der Waals surface area contributed by atoms with Gasteiger partial charge in [0.1, 0.15) is 16.8 Å². The number of hydrogen-bond acceptors (Lipinski definition) is 10. The number of hydrogen-bond donors (Lipinski definition) is 3. The van der Waals surface area contributed by atoms with E-state index in [0.717, 1.165) is 0 Å². The summed E-state index contributed by atoms with van der Waals surface area (Å²) in [6.45, 7) is 2.95. The second-order valence-electron chi connectivity index (χ2n) is 8.23. The molecule has 11 heteroatoms. The fourth-order valence-corrected chi connectivity index (χ4v) is 5.30. The second-order valence-corrected chi connectivity index (χ2v) is 10.0. The summed E-state index contributed by atoms with van der Waals surface area (Å²) >= 11 is 0. The van der Waals surface area contributed by atoms with Crippen LogP contribution in [0.2, 0.25) is 0 Å². The minimum atomic E-state index is -3.94. The molecule has 0 spiro atoms. The lowest BCUT2D eigenvalue weighted by Crippen LogP contribution is -2.32. The van der Waals surface area contributed by atoms with Crippen LogP contribution in [0, 0.1) is 0 Å². The molecule has 1 aromatic heterocycles. The second kappa shape index (κ2) is 10.4. The predicted octanol–water partition coefficient (Wildman–Crippen LogP) is 2.77. The van der Waals surface area contributed by atoms with E-state index in [1.54, 1.807) is 30.5 Å². The van der Waals surface area contributed by atoms with E-state index in [9.17, 15) is 8.42 Å². The Kier molecular flexibility index (Phi) is 7.27. The largest absolute Gasteiger partial charge is 0.493 e. The van der Waals surface area contributed by atoms with Gasteiger partial charge in [-0.1, -0.05) is 12.1 Å². The maximum atomic E-state index is 13.2. The SMILES string of the molecule is CCOc1cc(Cc2cnc(N)nc2N)cc(OS(=O)(=O)C2CCOCC2)c1-c1cccc(N)c1. The van der Waals surface area contributed by atoms with Crippen LogP contribution in [0.25, 0.3) is 11.1 Å². The van der Waals surface area contributed by atoms with Gasteiger partial charge in [-0.15, -0.1) is 0 Å². The molecule has 1 aliphatic rings. The van der Waals surface area contributed by atoms with Crippen molar-refractivity contribution >= 4 is 27.6 Å². The van der Waals surface area contributed by atoms with Crippen LogP contribution in [-0.2, 0) is 21.3 Å². The molecular formula is C24H29N5O5S. The number of rotatable bonds is 8. The van der Waals surface area contributed by atoms with Gasteiger partial charge in [-0.05, 0) is 55.2 Å². The number of nitrogen functional groups attached to an aromatic ring is 3. The Morgan fingerprint density at radius 1 is 1.09 bits per heavy atom. The van der Waals surface area contributed by atoms with Crippen molar-refractivity contribution in [1.29, 1.82) is 0 Å². The van der Waals surface area contributed by atoms with E-state index in [2.05, 4.69) is 9.97 Å². The van der Waals surface area contributed by atoms with Crippen molar-refractivity contribution in [2.45, 2.75) is 31.4 Å². The van der Waals surface area contributed by atoms with Gasteiger partial charge >= 0.3 is 10.1 Å². The Morgan fingerprint density at radius 3 is 2.51 bits per heavy atom. The molecule has 2 heterocycles. The molecular weight excluding hydrogens is 470 g/mol. The van der Waals surface area contributed by atoms with Gasteiger partial charge < -0.3 is 30.9 Å². The molecule has 0 radical (unpaired) electrons. The molecule has 1 aliphatic heterocycles. The average molecular weight is 500 g/mol. The van der Waals surface area contributed by atoms with Gasteiger partial charge in [0.2, 0.25) is 5.95 Å². The molecule has 186 valence electrons. The van der Waals surface area contributed by atoms with E-state index < -0.39 is 15.4 Å². The summed E-state index contributed by atoms with van der Waals surface area (Å²) in [6, 6.07) is 10.6. The fraction of sp³-hybridized carbons (Fsp3) is 0.333. The first-order valence-electron chi connectivity index (χ1n) is 11.3. The van der Waals surface area contributed by atoms with Crippen molar-refractivity contribution < 1.29 is 22.1 Å². The van der Waals surface area contributed by atoms with E-state index in [-0.39, 0.29) is 17.5 Å². The Morgan fingerprint density at radius 2 is 1.83 bits per heavy atom. The first-order valence-corrected chi connectivity index (χ1v) is 12.8. The molecule has 3 aromatic rings. The van der Waals surface area contributed by atoms with Gasteiger partial charge in [0.05, 0.1) is 12.2 Å². The minimum absolute atomic E-state index is 0.0739. The molecule has 35 heavy (non-hydrogen) atoms. The maximum Gasteiger partial charge on any atom is 0.312 e. The van der Waals surface area contributed by atoms with Gasteiger partial charge in [-0.2, -0.15) is 13.4 Å². The number of anilines is 3. The molecule has 6 N–H and O–H groups in total. The van der Waals surface area contributed by atoms with Crippen LogP contribution in [0.5, 0.6) is 11.5 Å². The van der Waals surface area contributed by atoms with Gasteiger partial charge in [0, 0.05) is 37.1 Å². The fourth-order valence-electron chi connectivity index (χ4n) is 4.01. The molecule has 10 nitrogen and oxygen atoms in total. The van der Waals surface area contributed by atoms with E-state index >= 15 is 0 Å². The van der Waals surface area contributed by atoms with Crippen LogP contribution in [0.3, 0.4) is 0 Å². The van der Waals surface area contributed by atoms with E-state index in [0.29, 0.717) is 72.8 Å². The van der Waals surface area contributed by atoms with Crippen molar-refractivity contribution in [1.82, 2.24) is 9.97 Å². The first kappa shape index (κ1) is 24.6. The Hall–Kier alpha value is -3.57. The summed E-state index contributed by atoms with van der Waals surface area (Å²) in [5.41, 5.74) is 20.7. The molecule has 4 rings (SSSR count). The molecule has 0 bridgehead atoms. The monoisotopic (exact) mass is 499 g/mol. The Balaban J connectivity index is 1.83. The lowest BCUT2D eigenvalue weighted by molar-refractivity contribution is 0.0971. The highest BCUT2D eigenvalue weighted by Gasteiger charge is 2.31. The minimum Gasteiger partial charge on any atom is -0.493 e. The number of nitrogens with two attached hydrogens (primary N) is 3. The molecule has 0 aliphatic carbocycles. The lowest BCUT2D eigenvalue weighted by atomic mass is 9.98. The molecule has 0 unspecified atom stereocenters. The Bertz CT molecular complexity index is 1310. The standard InChI is InChI=1S/C24H29N5O5S/c1-2-33-20-11-15(10-17-14-28-24(27)29-23(17)26)12-21(22(20)16-4-3-5-18(25)13-16)34-35(30,31)19-6-8-32-9-7-19/h3-5,11-14,19H,2,6-10,25H2,1H3,(H4,26,27,28,29). The van der Waals surface area contributed by atoms with Crippen LogP contribution >= 0.6 is 0 Å². The zero-order valence-corrected chi connectivity index (χ0v) is 20.3. The molecule has 2 aromatic carbocycles. The van der Waals surface area contributed by atoms with Crippen LogP contribution in [0.1, 0.15) is 30.9 Å². The van der Waals surface area contributed by atoms with E-state index in [1.807, 2.05) is 19.1 Å². The van der Waals surface area contributed by atoms with Crippen molar-refractivity contribution in [2.24, 2.45) is 0 Å². The third-order valence-electron chi connectivity index (χ3n) is 5.69. The predicted molar refractivity (Wildman–Crippen MR) is 135 cm³/mol. The quantitative estimate of drug-likeness (QED) is 0.310. The normalized spacial score (nSPS) is 14.5. The molecule has 0 amide bonds. The maximum absolute atomic E-state index is 13.2. The lowest BCUT2D eigenvalue weighted by Gasteiger charge is -2.24. The highest BCUT2D eigenvalue weighted by atomic mass is 32.2. The highest BCUT2D eigenvalue weighted by Crippen LogP contribution is 2.42. The summed E-state index contributed by atoms with van der Waals surface area (Å²) in [6.07, 6.45) is 2.60. The number of benzene rings is 2. The van der Waals surface area contributed by atoms with E-state index in [1.165, 1.54) is 0 Å². The van der Waals surface area contributed by atoms with Gasteiger partial charge in [0.25, 0.3) is 0 Å². The Labute approximate surface area is 204 Å². The molecule has 0 saturated carbocycles. The number of ether oxygens (including phenoxy) is 2. The molecule has 0 atom stereocenters. The van der Waals surface area contributed by atoms with Gasteiger partial charge in [-0.25, -0.2) is 4.98 Å². The zero-order chi connectivity index (χ0) is 25.0. The highest BCUT2D eigenvalue weighted by molar-refractivity contribution is 7.87. The van der Waals surface area contributed by atoms with Crippen molar-refractivity contribution in [3.63, 3.8) is 0 Å². The van der Waals surface area contributed by atoms with Gasteiger partial charge in [0.15, 0.2) is 5.75 Å². The molecule has 1 fully saturated rings. The number of nitrogens with zero attached hydrogens (tertiary/aromatic N) is 2. The smallest absolute Gasteiger partial charge is 0.312 e. The van der Waals surface area contributed by atoms with Gasteiger partial charge in [-0.3, -0.25) is 0 Å². The van der Waals surface area contributed by atoms with Crippen molar-refractivity contribution in [3.8, 4) is 22.6 Å². The van der Waals surface area contributed by atoms with Crippen LogP contribution in [0.15, 0.2) is 42.6 Å². The summed E-state index contributed by atoms with van der Waals surface area (Å²) in [5, 5.41) is -0.662. The van der Waals surface area contributed by atoms with Crippen LogP contribution < -0.4 is 26.1 Å². The summed E-state index contributed by atoms with van der Waals surface area (Å²) in [5.74, 6) is 0.929. The number of aromatic nitrogens is 2. The topological polar surface area (TPSA) is 166 Å². The molecule has 1 saturated heterocycles. The summed E-state index contributed by atoms with van der Waals surface area (Å²) < 4.78 is 43.5. The van der Waals surface area contributed by atoms with Crippen molar-refractivity contribution in [2.75, 3.05) is 37.0 Å². The van der Waals surface area contributed by atoms with Crippen LogP contribution in [-0.4, -0.2) is 43.5 Å².